The third-order valence-corrected chi connectivity index (χ3v) is 3.54. The molecule has 1 heterocycles. The quantitative estimate of drug-likeness (QED) is 0.630. The van der Waals surface area contributed by atoms with Gasteiger partial charge in [-0.15, -0.1) is 0 Å². The zero-order valence-corrected chi connectivity index (χ0v) is 11.7. The van der Waals surface area contributed by atoms with E-state index in [-0.39, 0.29) is 5.02 Å². The third-order valence-electron chi connectivity index (χ3n) is 3.23. The van der Waals surface area contributed by atoms with Gasteiger partial charge in [-0.2, -0.15) is 0 Å². The van der Waals surface area contributed by atoms with E-state index in [1.54, 1.807) is 18.2 Å². The van der Waals surface area contributed by atoms with Crippen molar-refractivity contribution in [2.45, 2.75) is 0 Å². The second kappa shape index (κ2) is 5.19. The van der Waals surface area contributed by atoms with Gasteiger partial charge in [0, 0.05) is 22.6 Å². The van der Waals surface area contributed by atoms with E-state index >= 15 is 0 Å². The van der Waals surface area contributed by atoms with Gasteiger partial charge in [-0.3, -0.25) is 0 Å². The van der Waals surface area contributed by atoms with Gasteiger partial charge in [0.2, 0.25) is 0 Å². The predicted octanol–water partition coefficient (Wildman–Crippen LogP) is 4.90. The average molecular weight is 301 g/mol. The Morgan fingerprint density at radius 2 is 1.90 bits per heavy atom. The number of rotatable bonds is 2. The summed E-state index contributed by atoms with van der Waals surface area (Å²) in [5.74, 6) is -0.426. The summed E-state index contributed by atoms with van der Waals surface area (Å²) >= 11 is 6.09. The number of benzene rings is 2. The van der Waals surface area contributed by atoms with Gasteiger partial charge in [-0.25, -0.2) is 9.18 Å². The molecule has 0 spiro atoms. The molecule has 0 bridgehead atoms. The highest BCUT2D eigenvalue weighted by Crippen LogP contribution is 2.33. The van der Waals surface area contributed by atoms with Crippen molar-refractivity contribution in [2.24, 2.45) is 0 Å². The van der Waals surface area contributed by atoms with E-state index in [0.29, 0.717) is 16.7 Å². The van der Waals surface area contributed by atoms with Crippen LogP contribution in [0.4, 0.5) is 4.39 Å². The van der Waals surface area contributed by atoms with Crippen molar-refractivity contribution in [3.05, 3.63) is 75.9 Å². The van der Waals surface area contributed by atoms with E-state index in [0.717, 1.165) is 10.9 Å². The molecule has 3 aromatic rings. The van der Waals surface area contributed by atoms with Crippen LogP contribution in [0.1, 0.15) is 5.56 Å². The summed E-state index contributed by atoms with van der Waals surface area (Å²) in [4.78, 5) is 11.7. The van der Waals surface area contributed by atoms with Crippen molar-refractivity contribution in [3.8, 4) is 11.1 Å². The molecule has 0 N–H and O–H groups in total. The molecule has 0 unspecified atom stereocenters. The van der Waals surface area contributed by atoms with Crippen molar-refractivity contribution in [1.29, 1.82) is 0 Å². The van der Waals surface area contributed by atoms with Crippen LogP contribution in [0.25, 0.3) is 28.2 Å². The Morgan fingerprint density at radius 1 is 1.10 bits per heavy atom. The Hall–Kier alpha value is -2.39. The number of halogens is 2. The highest BCUT2D eigenvalue weighted by Gasteiger charge is 2.11. The molecule has 21 heavy (non-hydrogen) atoms. The molecule has 0 fully saturated rings. The maximum Gasteiger partial charge on any atom is 0.336 e. The van der Waals surface area contributed by atoms with E-state index in [9.17, 15) is 9.18 Å². The summed E-state index contributed by atoms with van der Waals surface area (Å²) in [6, 6.07) is 10.8. The fraction of sp³-hybridized carbons (Fsp3) is 0. The highest BCUT2D eigenvalue weighted by atomic mass is 35.5. The molecule has 1 aromatic heterocycles. The second-order valence-electron chi connectivity index (χ2n) is 4.56. The minimum Gasteiger partial charge on any atom is -0.423 e. The number of hydrogen-bond acceptors (Lipinski definition) is 2. The van der Waals surface area contributed by atoms with E-state index in [2.05, 4.69) is 6.58 Å². The van der Waals surface area contributed by atoms with E-state index in [1.807, 2.05) is 12.1 Å². The van der Waals surface area contributed by atoms with Crippen LogP contribution in [0.3, 0.4) is 0 Å². The first-order chi connectivity index (χ1) is 10.1. The molecule has 2 aromatic carbocycles. The minimum atomic E-state index is -0.487. The lowest BCUT2D eigenvalue weighted by atomic mass is 10.0. The van der Waals surface area contributed by atoms with Crippen molar-refractivity contribution in [3.63, 3.8) is 0 Å². The lowest BCUT2D eigenvalue weighted by Gasteiger charge is -2.08. The molecule has 0 saturated carbocycles. The van der Waals surface area contributed by atoms with Crippen molar-refractivity contribution in [1.82, 2.24) is 0 Å². The Labute approximate surface area is 125 Å². The van der Waals surface area contributed by atoms with E-state index < -0.39 is 11.4 Å². The SMILES string of the molecule is C=Cc1ccc2c(-c3ccc(F)cc3Cl)cc(=O)oc2c1. The molecule has 0 radical (unpaired) electrons. The maximum absolute atomic E-state index is 13.2. The monoisotopic (exact) mass is 300 g/mol. The van der Waals surface area contributed by atoms with E-state index in [1.165, 1.54) is 18.2 Å². The Bertz CT molecular complexity index is 912. The van der Waals surface area contributed by atoms with E-state index in [4.69, 9.17) is 16.0 Å². The van der Waals surface area contributed by atoms with Crippen LogP contribution >= 0.6 is 11.6 Å². The third kappa shape index (κ3) is 2.48. The van der Waals surface area contributed by atoms with Crippen LogP contribution in [0.15, 0.2) is 58.3 Å². The molecule has 0 aliphatic carbocycles. The van der Waals surface area contributed by atoms with Crippen LogP contribution in [-0.4, -0.2) is 0 Å². The molecule has 104 valence electrons. The van der Waals surface area contributed by atoms with Gasteiger partial charge < -0.3 is 4.42 Å². The smallest absolute Gasteiger partial charge is 0.336 e. The number of fused-ring (bicyclic) bond motifs is 1. The Kier molecular flexibility index (Phi) is 3.35. The molecule has 0 atom stereocenters. The highest BCUT2D eigenvalue weighted by molar-refractivity contribution is 6.33. The lowest BCUT2D eigenvalue weighted by molar-refractivity contribution is 0.561. The largest absolute Gasteiger partial charge is 0.423 e. The first-order valence-electron chi connectivity index (χ1n) is 6.24. The van der Waals surface area contributed by atoms with Gasteiger partial charge in [-0.1, -0.05) is 36.4 Å². The van der Waals surface area contributed by atoms with Gasteiger partial charge in [-0.05, 0) is 29.8 Å². The fourth-order valence-corrected chi connectivity index (χ4v) is 2.51. The molecule has 0 saturated heterocycles. The Morgan fingerprint density at radius 3 is 2.62 bits per heavy atom. The topological polar surface area (TPSA) is 30.2 Å². The van der Waals surface area contributed by atoms with Gasteiger partial charge in [0.05, 0.1) is 5.02 Å². The van der Waals surface area contributed by atoms with Gasteiger partial charge in [0.1, 0.15) is 11.4 Å². The van der Waals surface area contributed by atoms with Crippen molar-refractivity contribution in [2.75, 3.05) is 0 Å². The maximum atomic E-state index is 13.2. The Balaban J connectivity index is 2.36. The molecule has 0 amide bonds. The molecular formula is C17H10ClFO2. The normalized spacial score (nSPS) is 10.8. The zero-order valence-electron chi connectivity index (χ0n) is 10.9. The molecule has 0 aliphatic heterocycles. The summed E-state index contributed by atoms with van der Waals surface area (Å²) < 4.78 is 18.4. The first kappa shape index (κ1) is 13.6. The van der Waals surface area contributed by atoms with Gasteiger partial charge in [0.15, 0.2) is 0 Å². The van der Waals surface area contributed by atoms with Gasteiger partial charge in [0.25, 0.3) is 0 Å². The predicted molar refractivity (Wildman–Crippen MR) is 83.0 cm³/mol. The fourth-order valence-electron chi connectivity index (χ4n) is 2.24. The van der Waals surface area contributed by atoms with Gasteiger partial charge >= 0.3 is 5.63 Å². The van der Waals surface area contributed by atoms with Crippen LogP contribution in [0.5, 0.6) is 0 Å². The zero-order chi connectivity index (χ0) is 15.0. The second-order valence-corrected chi connectivity index (χ2v) is 4.97. The summed E-state index contributed by atoms with van der Waals surface area (Å²) in [7, 11) is 0. The summed E-state index contributed by atoms with van der Waals surface area (Å²) in [6.45, 7) is 3.68. The first-order valence-corrected chi connectivity index (χ1v) is 6.62. The molecule has 0 aliphatic rings. The average Bonchev–Trinajstić information content (AvgIpc) is 2.45. The van der Waals surface area contributed by atoms with Crippen LogP contribution in [0, 0.1) is 5.82 Å². The molecule has 3 rings (SSSR count). The summed E-state index contributed by atoms with van der Waals surface area (Å²) in [5, 5.41) is 0.975. The van der Waals surface area contributed by atoms with Crippen molar-refractivity contribution >= 4 is 28.6 Å². The summed E-state index contributed by atoms with van der Waals surface area (Å²) in [6.07, 6.45) is 1.66. The number of hydrogen-bond donors (Lipinski definition) is 0. The van der Waals surface area contributed by atoms with Crippen LogP contribution in [0.2, 0.25) is 5.02 Å². The minimum absolute atomic E-state index is 0.245. The molecule has 2 nitrogen and oxygen atoms in total. The lowest BCUT2D eigenvalue weighted by Crippen LogP contribution is -1.98. The molecular weight excluding hydrogens is 291 g/mol. The summed E-state index contributed by atoms with van der Waals surface area (Å²) in [5.41, 5.74) is 1.99. The van der Waals surface area contributed by atoms with Crippen LogP contribution < -0.4 is 5.63 Å². The standard InChI is InChI=1S/C17H10ClFO2/c1-2-10-3-5-13-14(9-17(20)21-16(13)7-10)12-6-4-11(19)8-15(12)18/h2-9H,1H2. The molecule has 4 heteroatoms. The van der Waals surface area contributed by atoms with Crippen molar-refractivity contribution < 1.29 is 8.81 Å². The van der Waals surface area contributed by atoms with Crippen LogP contribution in [-0.2, 0) is 0 Å².